The Balaban J connectivity index is 1.76. The first-order valence-corrected chi connectivity index (χ1v) is 9.36. The van der Waals surface area contributed by atoms with Gasteiger partial charge in [-0.25, -0.2) is 10.2 Å². The smallest absolute Gasteiger partial charge is 0.345 e. The number of hydrogen-bond acceptors (Lipinski definition) is 4. The molecule has 5 nitrogen and oxygen atoms in total. The second-order valence-electron chi connectivity index (χ2n) is 5.62. The first-order valence-electron chi connectivity index (χ1n) is 8.19. The fourth-order valence-electron chi connectivity index (χ4n) is 2.31. The van der Waals surface area contributed by atoms with Gasteiger partial charge in [-0.15, -0.1) is 0 Å². The maximum Gasteiger partial charge on any atom is 0.345 e. The Labute approximate surface area is 175 Å². The van der Waals surface area contributed by atoms with Crippen molar-refractivity contribution in [1.29, 1.82) is 0 Å². The number of amides is 1. The van der Waals surface area contributed by atoms with Gasteiger partial charge in [0.15, 0.2) is 0 Å². The van der Waals surface area contributed by atoms with Gasteiger partial charge in [0.1, 0.15) is 5.75 Å². The van der Waals surface area contributed by atoms with Crippen LogP contribution in [-0.2, 0) is 0 Å². The van der Waals surface area contributed by atoms with Gasteiger partial charge >= 0.3 is 5.97 Å². The van der Waals surface area contributed by atoms with Gasteiger partial charge in [-0.3, -0.25) is 4.79 Å². The van der Waals surface area contributed by atoms with E-state index in [4.69, 9.17) is 16.3 Å². The molecule has 0 saturated heterocycles. The Morgan fingerprint density at radius 3 is 2.46 bits per heavy atom. The molecule has 0 aromatic heterocycles. The van der Waals surface area contributed by atoms with Gasteiger partial charge in [0.05, 0.1) is 16.8 Å². The molecule has 0 fully saturated rings. The third kappa shape index (κ3) is 5.06. The van der Waals surface area contributed by atoms with Crippen LogP contribution in [0.25, 0.3) is 0 Å². The van der Waals surface area contributed by atoms with Gasteiger partial charge in [0.2, 0.25) is 0 Å². The minimum absolute atomic E-state index is 0.257. The quantitative estimate of drug-likeness (QED) is 0.251. The predicted octanol–water partition coefficient (Wildman–Crippen LogP) is 5.09. The number of esters is 1. The van der Waals surface area contributed by atoms with E-state index >= 15 is 0 Å². The standard InChI is InChI=1S/C21H14BrClN2O3/c22-16-10-11-19(28-21(27)17-8-4-5-9-18(17)23)15(12-16)13-24-25-20(26)14-6-2-1-3-7-14/h1-13H,(H,25,26)/b24-13+. The Kier molecular flexibility index (Phi) is 6.57. The highest BCUT2D eigenvalue weighted by atomic mass is 79.9. The van der Waals surface area contributed by atoms with E-state index in [1.54, 1.807) is 66.7 Å². The zero-order chi connectivity index (χ0) is 19.9. The molecule has 3 aromatic carbocycles. The molecule has 0 atom stereocenters. The van der Waals surface area contributed by atoms with Crippen molar-refractivity contribution in [2.45, 2.75) is 0 Å². The Morgan fingerprint density at radius 1 is 1.00 bits per heavy atom. The molecule has 0 spiro atoms. The molecule has 3 rings (SSSR count). The number of benzene rings is 3. The van der Waals surface area contributed by atoms with Gasteiger partial charge in [0.25, 0.3) is 5.91 Å². The molecule has 0 aliphatic rings. The molecule has 0 radical (unpaired) electrons. The summed E-state index contributed by atoms with van der Waals surface area (Å²) in [5, 5.41) is 4.26. The van der Waals surface area contributed by atoms with Gasteiger partial charge in [-0.05, 0) is 42.5 Å². The van der Waals surface area contributed by atoms with Crippen molar-refractivity contribution in [2.75, 3.05) is 0 Å². The predicted molar refractivity (Wildman–Crippen MR) is 112 cm³/mol. The lowest BCUT2D eigenvalue weighted by molar-refractivity contribution is 0.0734. The Hall–Kier alpha value is -2.96. The second kappa shape index (κ2) is 9.30. The summed E-state index contributed by atoms with van der Waals surface area (Å²) in [6.45, 7) is 0. The van der Waals surface area contributed by atoms with Gasteiger partial charge in [-0.2, -0.15) is 5.10 Å². The van der Waals surface area contributed by atoms with E-state index in [0.29, 0.717) is 16.1 Å². The highest BCUT2D eigenvalue weighted by molar-refractivity contribution is 9.10. The summed E-state index contributed by atoms with van der Waals surface area (Å²) in [6, 6.07) is 20.4. The molecular formula is C21H14BrClN2O3. The Morgan fingerprint density at radius 2 is 1.71 bits per heavy atom. The fraction of sp³-hybridized carbons (Fsp3) is 0. The van der Waals surface area contributed by atoms with Crippen molar-refractivity contribution in [3.05, 3.63) is 99.0 Å². The lowest BCUT2D eigenvalue weighted by Gasteiger charge is -2.09. The van der Waals surface area contributed by atoms with E-state index in [0.717, 1.165) is 4.47 Å². The zero-order valence-corrected chi connectivity index (χ0v) is 16.8. The fourth-order valence-corrected chi connectivity index (χ4v) is 2.90. The van der Waals surface area contributed by atoms with E-state index in [2.05, 4.69) is 26.5 Å². The third-order valence-electron chi connectivity index (χ3n) is 3.67. The van der Waals surface area contributed by atoms with Crippen molar-refractivity contribution in [3.8, 4) is 5.75 Å². The molecule has 140 valence electrons. The molecule has 0 heterocycles. The first kappa shape index (κ1) is 19.8. The van der Waals surface area contributed by atoms with Crippen molar-refractivity contribution in [1.82, 2.24) is 5.43 Å². The van der Waals surface area contributed by atoms with Gasteiger partial charge < -0.3 is 4.74 Å². The lowest BCUT2D eigenvalue weighted by atomic mass is 10.2. The summed E-state index contributed by atoms with van der Waals surface area (Å²) in [4.78, 5) is 24.5. The summed E-state index contributed by atoms with van der Waals surface area (Å²) in [5.74, 6) is -0.650. The topological polar surface area (TPSA) is 67.8 Å². The summed E-state index contributed by atoms with van der Waals surface area (Å²) in [7, 11) is 0. The SMILES string of the molecule is O=C(N/N=C/c1cc(Br)ccc1OC(=O)c1ccccc1Cl)c1ccccc1. The molecule has 0 aliphatic heterocycles. The average Bonchev–Trinajstić information content (AvgIpc) is 2.70. The second-order valence-corrected chi connectivity index (χ2v) is 6.94. The van der Waals surface area contributed by atoms with Crippen LogP contribution in [0.1, 0.15) is 26.3 Å². The maximum absolute atomic E-state index is 12.4. The molecule has 0 aliphatic carbocycles. The van der Waals surface area contributed by atoms with Crippen molar-refractivity contribution >= 4 is 45.6 Å². The van der Waals surface area contributed by atoms with E-state index in [9.17, 15) is 9.59 Å². The molecule has 0 saturated carbocycles. The number of carbonyl (C=O) groups is 2. The van der Waals surface area contributed by atoms with Crippen LogP contribution in [-0.4, -0.2) is 18.1 Å². The van der Waals surface area contributed by atoms with Crippen LogP contribution in [0, 0.1) is 0 Å². The van der Waals surface area contributed by atoms with Crippen LogP contribution in [0.4, 0.5) is 0 Å². The number of halogens is 2. The number of rotatable bonds is 5. The Bertz CT molecular complexity index is 1040. The van der Waals surface area contributed by atoms with E-state index in [-0.39, 0.29) is 17.2 Å². The highest BCUT2D eigenvalue weighted by Gasteiger charge is 2.14. The third-order valence-corrected chi connectivity index (χ3v) is 4.50. The average molecular weight is 458 g/mol. The summed E-state index contributed by atoms with van der Waals surface area (Å²) >= 11 is 9.41. The van der Waals surface area contributed by atoms with Gasteiger partial charge in [-0.1, -0.05) is 57.9 Å². The zero-order valence-electron chi connectivity index (χ0n) is 14.4. The molecular weight excluding hydrogens is 444 g/mol. The minimum atomic E-state index is -0.587. The molecule has 7 heteroatoms. The van der Waals surface area contributed by atoms with E-state index in [1.165, 1.54) is 6.21 Å². The maximum atomic E-state index is 12.4. The van der Waals surface area contributed by atoms with Crippen molar-refractivity contribution in [3.63, 3.8) is 0 Å². The normalized spacial score (nSPS) is 10.6. The summed E-state index contributed by atoms with van der Waals surface area (Å²) < 4.78 is 6.23. The van der Waals surface area contributed by atoms with E-state index < -0.39 is 5.97 Å². The van der Waals surface area contributed by atoms with Crippen molar-refractivity contribution < 1.29 is 14.3 Å². The van der Waals surface area contributed by atoms with Crippen LogP contribution >= 0.6 is 27.5 Å². The lowest BCUT2D eigenvalue weighted by Crippen LogP contribution is -2.17. The molecule has 28 heavy (non-hydrogen) atoms. The number of hydrazone groups is 1. The summed E-state index contributed by atoms with van der Waals surface area (Å²) in [5.41, 5.74) is 3.69. The van der Waals surface area contributed by atoms with Crippen LogP contribution in [0.15, 0.2) is 82.4 Å². The molecule has 3 aromatic rings. The van der Waals surface area contributed by atoms with Crippen LogP contribution in [0.5, 0.6) is 5.75 Å². The number of carbonyl (C=O) groups excluding carboxylic acids is 2. The number of hydrogen-bond donors (Lipinski definition) is 1. The molecule has 0 unspecified atom stereocenters. The van der Waals surface area contributed by atoms with E-state index in [1.807, 2.05) is 6.07 Å². The summed E-state index contributed by atoms with van der Waals surface area (Å²) in [6.07, 6.45) is 1.40. The number of nitrogens with one attached hydrogen (secondary N) is 1. The van der Waals surface area contributed by atoms with Crippen LogP contribution in [0.3, 0.4) is 0 Å². The van der Waals surface area contributed by atoms with Crippen LogP contribution in [0.2, 0.25) is 5.02 Å². The minimum Gasteiger partial charge on any atom is -0.422 e. The molecule has 1 N–H and O–H groups in total. The van der Waals surface area contributed by atoms with Crippen molar-refractivity contribution in [2.24, 2.45) is 5.10 Å². The highest BCUT2D eigenvalue weighted by Crippen LogP contribution is 2.24. The van der Waals surface area contributed by atoms with Crippen LogP contribution < -0.4 is 10.2 Å². The number of ether oxygens (including phenoxy) is 1. The first-order chi connectivity index (χ1) is 13.5. The largest absolute Gasteiger partial charge is 0.422 e. The molecule has 0 bridgehead atoms. The number of nitrogens with zero attached hydrogens (tertiary/aromatic N) is 1. The molecule has 1 amide bonds. The monoisotopic (exact) mass is 456 g/mol. The van der Waals surface area contributed by atoms with Gasteiger partial charge in [0, 0.05) is 15.6 Å².